The fraction of sp³-hybridized carbons (Fsp3) is 0.200. The monoisotopic (exact) mass is 287 g/mol. The maximum absolute atomic E-state index is 11.4. The second kappa shape index (κ2) is 5.15. The zero-order valence-corrected chi connectivity index (χ0v) is 10.2. The van der Waals surface area contributed by atoms with Crippen molar-refractivity contribution in [3.8, 4) is 6.07 Å². The number of carbonyl (C=O) groups excluding carboxylic acids is 1. The van der Waals surface area contributed by atoms with Crippen LogP contribution in [0, 0.1) is 11.3 Å². The Balaban J connectivity index is 3.38. The Labute approximate surface area is 101 Å². The SMILES string of the molecule is COC(=O)c1cc(C#N)cc(CCl)c1Br. The molecule has 0 aliphatic rings. The molecule has 0 N–H and O–H groups in total. The van der Waals surface area contributed by atoms with Crippen LogP contribution in [0.3, 0.4) is 0 Å². The van der Waals surface area contributed by atoms with Gasteiger partial charge in [-0.1, -0.05) is 0 Å². The van der Waals surface area contributed by atoms with Gasteiger partial charge in [0.2, 0.25) is 0 Å². The van der Waals surface area contributed by atoms with Gasteiger partial charge in [0.15, 0.2) is 0 Å². The van der Waals surface area contributed by atoms with Gasteiger partial charge in [0.05, 0.1) is 24.3 Å². The molecule has 0 heterocycles. The first kappa shape index (κ1) is 12.0. The highest BCUT2D eigenvalue weighted by atomic mass is 79.9. The number of benzene rings is 1. The summed E-state index contributed by atoms with van der Waals surface area (Å²) in [6, 6.07) is 5.05. The van der Waals surface area contributed by atoms with E-state index in [9.17, 15) is 4.79 Å². The molecule has 3 nitrogen and oxygen atoms in total. The molecule has 0 saturated carbocycles. The number of esters is 1. The molecule has 0 aliphatic carbocycles. The lowest BCUT2D eigenvalue weighted by Crippen LogP contribution is -2.04. The smallest absolute Gasteiger partial charge is 0.339 e. The van der Waals surface area contributed by atoms with Gasteiger partial charge in [-0.2, -0.15) is 5.26 Å². The molecule has 0 bridgehead atoms. The molecule has 0 spiro atoms. The van der Waals surface area contributed by atoms with Crippen molar-refractivity contribution < 1.29 is 9.53 Å². The maximum Gasteiger partial charge on any atom is 0.339 e. The molecule has 0 fully saturated rings. The average molecular weight is 289 g/mol. The Morgan fingerprint density at radius 1 is 1.67 bits per heavy atom. The van der Waals surface area contributed by atoms with E-state index >= 15 is 0 Å². The van der Waals surface area contributed by atoms with E-state index in [2.05, 4.69) is 20.7 Å². The third-order valence-electron chi connectivity index (χ3n) is 1.83. The number of carbonyl (C=O) groups is 1. The Hall–Kier alpha value is -1.05. The third kappa shape index (κ3) is 2.49. The molecule has 0 saturated heterocycles. The predicted octanol–water partition coefficient (Wildman–Crippen LogP) is 2.85. The second-order valence-corrected chi connectivity index (χ2v) is 3.79. The van der Waals surface area contributed by atoms with Gasteiger partial charge in [0, 0.05) is 10.4 Å². The number of ether oxygens (including phenoxy) is 1. The van der Waals surface area contributed by atoms with Crippen LogP contribution >= 0.6 is 27.5 Å². The normalized spacial score (nSPS) is 9.47. The first-order valence-electron chi connectivity index (χ1n) is 4.00. The lowest BCUT2D eigenvalue weighted by Gasteiger charge is -2.07. The van der Waals surface area contributed by atoms with Crippen molar-refractivity contribution in [3.05, 3.63) is 33.3 Å². The van der Waals surface area contributed by atoms with Crippen LogP contribution in [-0.2, 0) is 10.6 Å². The highest BCUT2D eigenvalue weighted by Gasteiger charge is 2.14. The molecule has 0 aromatic heterocycles. The van der Waals surface area contributed by atoms with Gasteiger partial charge in [-0.25, -0.2) is 4.79 Å². The summed E-state index contributed by atoms with van der Waals surface area (Å²) in [5, 5.41) is 8.77. The number of alkyl halides is 1. The molecule has 78 valence electrons. The highest BCUT2D eigenvalue weighted by molar-refractivity contribution is 9.10. The first-order chi connectivity index (χ1) is 7.13. The van der Waals surface area contributed by atoms with E-state index < -0.39 is 5.97 Å². The first-order valence-corrected chi connectivity index (χ1v) is 5.33. The molecule has 0 radical (unpaired) electrons. The molecule has 15 heavy (non-hydrogen) atoms. The fourth-order valence-corrected chi connectivity index (χ4v) is 2.01. The molecule has 0 unspecified atom stereocenters. The largest absolute Gasteiger partial charge is 0.465 e. The second-order valence-electron chi connectivity index (χ2n) is 2.73. The molecular formula is C10H7BrClNO2. The van der Waals surface area contributed by atoms with Crippen molar-refractivity contribution >= 4 is 33.5 Å². The quantitative estimate of drug-likeness (QED) is 0.621. The standard InChI is InChI=1S/C10H7BrClNO2/c1-15-10(14)8-3-6(5-13)2-7(4-12)9(8)11/h2-3H,4H2,1H3. The molecule has 1 rings (SSSR count). The number of methoxy groups -OCH3 is 1. The van der Waals surface area contributed by atoms with Crippen molar-refractivity contribution in [3.63, 3.8) is 0 Å². The summed E-state index contributed by atoms with van der Waals surface area (Å²) in [5.74, 6) is -0.273. The summed E-state index contributed by atoms with van der Waals surface area (Å²) in [5.41, 5.74) is 1.39. The van der Waals surface area contributed by atoms with E-state index in [0.717, 1.165) is 0 Å². The fourth-order valence-electron chi connectivity index (χ4n) is 1.10. The van der Waals surface area contributed by atoms with E-state index in [1.54, 1.807) is 6.07 Å². The van der Waals surface area contributed by atoms with Crippen LogP contribution in [0.1, 0.15) is 21.5 Å². The van der Waals surface area contributed by atoms with Gasteiger partial charge in [-0.05, 0) is 33.6 Å². The number of rotatable bonds is 2. The Morgan fingerprint density at radius 3 is 2.80 bits per heavy atom. The van der Waals surface area contributed by atoms with Crippen LogP contribution in [0.5, 0.6) is 0 Å². The van der Waals surface area contributed by atoms with Gasteiger partial charge >= 0.3 is 5.97 Å². The van der Waals surface area contributed by atoms with Crippen molar-refractivity contribution in [1.82, 2.24) is 0 Å². The van der Waals surface area contributed by atoms with Crippen LogP contribution in [0.25, 0.3) is 0 Å². The number of hydrogen-bond acceptors (Lipinski definition) is 3. The molecule has 0 amide bonds. The number of halogens is 2. The molecule has 0 atom stereocenters. The summed E-state index contributed by atoms with van der Waals surface area (Å²) in [6.07, 6.45) is 0. The highest BCUT2D eigenvalue weighted by Crippen LogP contribution is 2.25. The summed E-state index contributed by atoms with van der Waals surface area (Å²) in [4.78, 5) is 11.4. The minimum absolute atomic E-state index is 0.222. The van der Waals surface area contributed by atoms with Crippen molar-refractivity contribution in [2.45, 2.75) is 5.88 Å². The topological polar surface area (TPSA) is 50.1 Å². The minimum atomic E-state index is -0.495. The van der Waals surface area contributed by atoms with Crippen LogP contribution in [0.4, 0.5) is 0 Å². The Morgan fingerprint density at radius 2 is 2.33 bits per heavy atom. The number of hydrogen-bond donors (Lipinski definition) is 0. The number of nitriles is 1. The maximum atomic E-state index is 11.4. The Bertz CT molecular complexity index is 440. The van der Waals surface area contributed by atoms with Crippen LogP contribution < -0.4 is 0 Å². The average Bonchev–Trinajstić information content (AvgIpc) is 2.28. The minimum Gasteiger partial charge on any atom is -0.465 e. The van der Waals surface area contributed by atoms with E-state index in [0.29, 0.717) is 21.2 Å². The van der Waals surface area contributed by atoms with Gasteiger partial charge in [-0.3, -0.25) is 0 Å². The van der Waals surface area contributed by atoms with Crippen LogP contribution in [0.15, 0.2) is 16.6 Å². The van der Waals surface area contributed by atoms with Gasteiger partial charge in [0.25, 0.3) is 0 Å². The summed E-state index contributed by atoms with van der Waals surface area (Å²) < 4.78 is 5.17. The van der Waals surface area contributed by atoms with Gasteiger partial charge < -0.3 is 4.74 Å². The zero-order chi connectivity index (χ0) is 11.4. The van der Waals surface area contributed by atoms with Crippen molar-refractivity contribution in [1.29, 1.82) is 5.26 Å². The van der Waals surface area contributed by atoms with Gasteiger partial charge in [0.1, 0.15) is 0 Å². The lowest BCUT2D eigenvalue weighted by atomic mass is 10.1. The van der Waals surface area contributed by atoms with Crippen molar-refractivity contribution in [2.75, 3.05) is 7.11 Å². The van der Waals surface area contributed by atoms with Crippen LogP contribution in [0.2, 0.25) is 0 Å². The molecule has 5 heteroatoms. The summed E-state index contributed by atoms with van der Waals surface area (Å²) in [7, 11) is 1.29. The van der Waals surface area contributed by atoms with E-state index in [4.69, 9.17) is 16.9 Å². The van der Waals surface area contributed by atoms with Crippen LogP contribution in [-0.4, -0.2) is 13.1 Å². The number of nitrogens with zero attached hydrogens (tertiary/aromatic N) is 1. The third-order valence-corrected chi connectivity index (χ3v) is 3.05. The predicted molar refractivity (Wildman–Crippen MR) is 59.8 cm³/mol. The summed E-state index contributed by atoms with van der Waals surface area (Å²) >= 11 is 8.94. The molecule has 1 aromatic rings. The molecule has 1 aromatic carbocycles. The Kier molecular flexibility index (Phi) is 4.13. The van der Waals surface area contributed by atoms with Crippen molar-refractivity contribution in [2.24, 2.45) is 0 Å². The lowest BCUT2D eigenvalue weighted by molar-refractivity contribution is 0.0599. The van der Waals surface area contributed by atoms with E-state index in [1.165, 1.54) is 13.2 Å². The molecule has 0 aliphatic heterocycles. The van der Waals surface area contributed by atoms with E-state index in [1.807, 2.05) is 6.07 Å². The zero-order valence-electron chi connectivity index (χ0n) is 7.88. The molecular weight excluding hydrogens is 281 g/mol. The van der Waals surface area contributed by atoms with E-state index in [-0.39, 0.29) is 5.88 Å². The summed E-state index contributed by atoms with van der Waals surface area (Å²) in [6.45, 7) is 0. The van der Waals surface area contributed by atoms with Gasteiger partial charge in [-0.15, -0.1) is 11.6 Å².